The van der Waals surface area contributed by atoms with E-state index in [4.69, 9.17) is 11.6 Å². The maximum atomic E-state index is 11.0. The molecule has 0 N–H and O–H groups in total. The zero-order valence-corrected chi connectivity index (χ0v) is 6.01. The van der Waals surface area contributed by atoms with E-state index in [1.165, 1.54) is 0 Å². The summed E-state index contributed by atoms with van der Waals surface area (Å²) in [5, 5.41) is -0.109. The van der Waals surface area contributed by atoms with Crippen molar-refractivity contribution >= 4 is 17.5 Å². The minimum Gasteiger partial charge on any atom is -0.290 e. The number of aromatic nitrogens is 1. The lowest BCUT2D eigenvalue weighted by atomic mass is 10.3. The van der Waals surface area contributed by atoms with Crippen molar-refractivity contribution in [2.75, 3.05) is 0 Å². The van der Waals surface area contributed by atoms with Crippen LogP contribution in [0.1, 0.15) is 22.3 Å². The van der Waals surface area contributed by atoms with Crippen LogP contribution in [-0.2, 0) is 0 Å². The number of nitrogens with zero attached hydrogens (tertiary/aromatic N) is 1. The molecule has 0 spiro atoms. The van der Waals surface area contributed by atoms with Crippen LogP contribution in [0.15, 0.2) is 18.3 Å². The fraction of sp³-hybridized carbons (Fsp3) is 0.286. The summed E-state index contributed by atoms with van der Waals surface area (Å²) in [6, 6.07) is 3.71. The molecule has 2 nitrogen and oxygen atoms in total. The highest BCUT2D eigenvalue weighted by atomic mass is 35.5. The predicted octanol–water partition coefficient (Wildman–Crippen LogP) is 1.81. The van der Waals surface area contributed by atoms with E-state index in [0.29, 0.717) is 6.42 Å². The van der Waals surface area contributed by atoms with Gasteiger partial charge in [-0.2, -0.15) is 0 Å². The standard InChI is InChI=1S/C7H6ClNO/c8-5-4-7(10)9-3-1-2-6(5)9/h1-3,5H,4H2. The Bertz CT molecular complexity index is 279. The minimum atomic E-state index is -0.109. The lowest BCUT2D eigenvalue weighted by Crippen LogP contribution is -2.00. The van der Waals surface area contributed by atoms with Gasteiger partial charge in [0.25, 0.3) is 0 Å². The van der Waals surface area contributed by atoms with Gasteiger partial charge in [-0.1, -0.05) is 0 Å². The number of carbonyl (C=O) groups is 1. The molecule has 0 saturated carbocycles. The molecule has 1 aliphatic rings. The summed E-state index contributed by atoms with van der Waals surface area (Å²) in [7, 11) is 0. The Morgan fingerprint density at radius 1 is 1.70 bits per heavy atom. The lowest BCUT2D eigenvalue weighted by Gasteiger charge is -1.92. The van der Waals surface area contributed by atoms with Crippen molar-refractivity contribution in [3.8, 4) is 0 Å². The third kappa shape index (κ3) is 0.625. The molecular weight excluding hydrogens is 150 g/mol. The largest absolute Gasteiger partial charge is 0.290 e. The average molecular weight is 156 g/mol. The SMILES string of the molecule is O=C1CC(Cl)c2cccn21. The maximum absolute atomic E-state index is 11.0. The molecule has 1 aliphatic heterocycles. The summed E-state index contributed by atoms with van der Waals surface area (Å²) in [6.07, 6.45) is 2.19. The van der Waals surface area contributed by atoms with Crippen LogP contribution in [0.25, 0.3) is 0 Å². The molecule has 0 amide bonds. The first-order valence-corrected chi connectivity index (χ1v) is 3.57. The highest BCUT2D eigenvalue weighted by Gasteiger charge is 2.26. The van der Waals surface area contributed by atoms with Crippen molar-refractivity contribution in [1.29, 1.82) is 0 Å². The zero-order chi connectivity index (χ0) is 7.14. The third-order valence-corrected chi connectivity index (χ3v) is 2.10. The van der Waals surface area contributed by atoms with Crippen LogP contribution in [0.2, 0.25) is 0 Å². The van der Waals surface area contributed by atoms with Gasteiger partial charge in [0, 0.05) is 18.3 Å². The van der Waals surface area contributed by atoms with Crippen molar-refractivity contribution in [2.45, 2.75) is 11.8 Å². The van der Waals surface area contributed by atoms with Crippen LogP contribution in [0.3, 0.4) is 0 Å². The van der Waals surface area contributed by atoms with Crippen molar-refractivity contribution in [1.82, 2.24) is 4.57 Å². The second kappa shape index (κ2) is 1.86. The van der Waals surface area contributed by atoms with Gasteiger partial charge in [0.2, 0.25) is 5.91 Å². The minimum absolute atomic E-state index is 0.0972. The zero-order valence-electron chi connectivity index (χ0n) is 5.25. The molecule has 0 saturated heterocycles. The summed E-state index contributed by atoms with van der Waals surface area (Å²) in [5.41, 5.74) is 0.923. The van der Waals surface area contributed by atoms with Crippen molar-refractivity contribution < 1.29 is 4.79 Å². The smallest absolute Gasteiger partial charge is 0.232 e. The second-order valence-corrected chi connectivity index (χ2v) is 2.90. The molecule has 2 heterocycles. The van der Waals surface area contributed by atoms with E-state index in [1.54, 1.807) is 10.8 Å². The maximum Gasteiger partial charge on any atom is 0.232 e. The highest BCUT2D eigenvalue weighted by molar-refractivity contribution is 6.23. The topological polar surface area (TPSA) is 22.0 Å². The van der Waals surface area contributed by atoms with Crippen LogP contribution < -0.4 is 0 Å². The first-order valence-electron chi connectivity index (χ1n) is 3.13. The van der Waals surface area contributed by atoms with E-state index in [-0.39, 0.29) is 11.3 Å². The molecule has 1 aromatic heterocycles. The number of alkyl halides is 1. The average Bonchev–Trinajstić information content (AvgIpc) is 2.39. The van der Waals surface area contributed by atoms with Crippen LogP contribution in [-0.4, -0.2) is 10.5 Å². The van der Waals surface area contributed by atoms with E-state index < -0.39 is 0 Å². The molecule has 0 bridgehead atoms. The molecular formula is C7H6ClNO. The molecule has 0 aliphatic carbocycles. The van der Waals surface area contributed by atoms with Gasteiger partial charge in [-0.25, -0.2) is 0 Å². The Morgan fingerprint density at radius 3 is 3.20 bits per heavy atom. The van der Waals surface area contributed by atoms with Gasteiger partial charge in [-0.05, 0) is 12.1 Å². The Balaban J connectivity index is 2.58. The fourth-order valence-electron chi connectivity index (χ4n) is 1.23. The Labute approximate surface area is 63.4 Å². The van der Waals surface area contributed by atoms with Gasteiger partial charge >= 0.3 is 0 Å². The van der Waals surface area contributed by atoms with Gasteiger partial charge in [0.15, 0.2) is 0 Å². The van der Waals surface area contributed by atoms with Crippen molar-refractivity contribution in [3.05, 3.63) is 24.0 Å². The third-order valence-electron chi connectivity index (χ3n) is 1.72. The van der Waals surface area contributed by atoms with E-state index in [9.17, 15) is 4.79 Å². The summed E-state index contributed by atoms with van der Waals surface area (Å²) in [4.78, 5) is 11.0. The molecule has 0 radical (unpaired) electrons. The first-order chi connectivity index (χ1) is 4.79. The van der Waals surface area contributed by atoms with Crippen molar-refractivity contribution in [3.63, 3.8) is 0 Å². The van der Waals surface area contributed by atoms with Gasteiger partial charge < -0.3 is 0 Å². The van der Waals surface area contributed by atoms with Gasteiger partial charge in [0.1, 0.15) is 0 Å². The Kier molecular flexibility index (Phi) is 1.11. The summed E-state index contributed by atoms with van der Waals surface area (Å²) in [5.74, 6) is 0.0972. The number of fused-ring (bicyclic) bond motifs is 1. The second-order valence-electron chi connectivity index (χ2n) is 2.37. The van der Waals surface area contributed by atoms with E-state index in [2.05, 4.69) is 0 Å². The number of carbonyl (C=O) groups excluding carboxylic acids is 1. The fourth-order valence-corrected chi connectivity index (χ4v) is 1.54. The van der Waals surface area contributed by atoms with E-state index >= 15 is 0 Å². The normalized spacial score (nSPS) is 23.3. The molecule has 10 heavy (non-hydrogen) atoms. The van der Waals surface area contributed by atoms with Gasteiger partial charge in [-0.3, -0.25) is 9.36 Å². The molecule has 0 aromatic carbocycles. The Hall–Kier alpha value is -0.760. The van der Waals surface area contributed by atoms with Gasteiger partial charge in [0.05, 0.1) is 5.38 Å². The Morgan fingerprint density at radius 2 is 2.50 bits per heavy atom. The summed E-state index contributed by atoms with van der Waals surface area (Å²) in [6.45, 7) is 0. The van der Waals surface area contributed by atoms with Crippen LogP contribution in [0.5, 0.6) is 0 Å². The first kappa shape index (κ1) is 5.98. The van der Waals surface area contributed by atoms with E-state index in [1.807, 2.05) is 12.1 Å². The number of halogens is 1. The molecule has 1 unspecified atom stereocenters. The number of hydrogen-bond donors (Lipinski definition) is 0. The molecule has 1 atom stereocenters. The van der Waals surface area contributed by atoms with Gasteiger partial charge in [-0.15, -0.1) is 11.6 Å². The molecule has 2 rings (SSSR count). The molecule has 1 aromatic rings. The quantitative estimate of drug-likeness (QED) is 0.524. The predicted molar refractivity (Wildman–Crippen MR) is 38.3 cm³/mol. The van der Waals surface area contributed by atoms with E-state index in [0.717, 1.165) is 5.69 Å². The molecule has 3 heteroatoms. The monoisotopic (exact) mass is 155 g/mol. The molecule has 52 valence electrons. The van der Waals surface area contributed by atoms with Crippen LogP contribution in [0, 0.1) is 0 Å². The number of rotatable bonds is 0. The summed E-state index contributed by atoms with van der Waals surface area (Å²) < 4.78 is 1.61. The van der Waals surface area contributed by atoms with Crippen LogP contribution in [0.4, 0.5) is 0 Å². The lowest BCUT2D eigenvalue weighted by molar-refractivity contribution is 0.0923. The number of hydrogen-bond acceptors (Lipinski definition) is 1. The highest BCUT2D eigenvalue weighted by Crippen LogP contribution is 2.31. The summed E-state index contributed by atoms with van der Waals surface area (Å²) >= 11 is 5.84. The van der Waals surface area contributed by atoms with Crippen molar-refractivity contribution in [2.24, 2.45) is 0 Å². The van der Waals surface area contributed by atoms with Crippen LogP contribution >= 0.6 is 11.6 Å². The molecule has 0 fully saturated rings.